The van der Waals surface area contributed by atoms with Gasteiger partial charge in [-0.3, -0.25) is 4.98 Å². The second-order valence-corrected chi connectivity index (χ2v) is 3.76. The molecule has 102 valence electrons. The Morgan fingerprint density at radius 1 is 1.25 bits per heavy atom. The van der Waals surface area contributed by atoms with Crippen molar-refractivity contribution in [3.05, 3.63) is 47.6 Å². The lowest BCUT2D eigenvalue weighted by Gasteiger charge is -2.09. The highest BCUT2D eigenvalue weighted by atomic mass is 16.4. The van der Waals surface area contributed by atoms with Gasteiger partial charge in [0.15, 0.2) is 0 Å². The molecule has 0 atom stereocenters. The molecule has 0 fully saturated rings. The summed E-state index contributed by atoms with van der Waals surface area (Å²) in [7, 11) is 0. The van der Waals surface area contributed by atoms with Crippen molar-refractivity contribution < 1.29 is 19.8 Å². The van der Waals surface area contributed by atoms with Crippen LogP contribution in [0.4, 0.5) is 5.69 Å². The lowest BCUT2D eigenvalue weighted by atomic mass is 10.1. The smallest absolute Gasteiger partial charge is 0.339 e. The summed E-state index contributed by atoms with van der Waals surface area (Å²) in [6.07, 6.45) is 5.41. The summed E-state index contributed by atoms with van der Waals surface area (Å²) in [6, 6.07) is 1.39. The monoisotopic (exact) mass is 274 g/mol. The van der Waals surface area contributed by atoms with Gasteiger partial charge in [0, 0.05) is 25.1 Å². The third kappa shape index (κ3) is 2.86. The summed E-state index contributed by atoms with van der Waals surface area (Å²) in [5.41, 5.74) is 0.138. The van der Waals surface area contributed by atoms with Crippen molar-refractivity contribution in [2.75, 3.05) is 6.54 Å². The van der Waals surface area contributed by atoms with Crippen LogP contribution in [0.3, 0.4) is 0 Å². The van der Waals surface area contributed by atoms with Gasteiger partial charge < -0.3 is 15.5 Å². The van der Waals surface area contributed by atoms with Crippen LogP contribution in [-0.4, -0.2) is 33.7 Å². The maximum atomic E-state index is 11.0. The van der Waals surface area contributed by atoms with Gasteiger partial charge in [-0.15, -0.1) is 10.2 Å². The Bertz CT molecular complexity index is 649. The first kappa shape index (κ1) is 13.4. The highest BCUT2D eigenvalue weighted by Gasteiger charge is 2.16. The number of aromatic carboxylic acids is 1. The number of carbonyl (C=O) groups is 2. The summed E-state index contributed by atoms with van der Waals surface area (Å²) in [5.74, 6) is -2.32. The summed E-state index contributed by atoms with van der Waals surface area (Å²) in [6.45, 7) is 0.424. The summed E-state index contributed by atoms with van der Waals surface area (Å²) in [4.78, 5) is 25.7. The number of dihydropyridines is 1. The van der Waals surface area contributed by atoms with E-state index in [4.69, 9.17) is 10.2 Å². The normalized spacial score (nSPS) is 14.4. The number of nitrogens with one attached hydrogen (secondary N) is 1. The first-order chi connectivity index (χ1) is 9.59. The average Bonchev–Trinajstić information content (AvgIpc) is 2.45. The number of nitrogens with zero attached hydrogens (tertiary/aromatic N) is 3. The molecule has 0 amide bonds. The fourth-order valence-corrected chi connectivity index (χ4v) is 1.51. The molecule has 0 saturated carbocycles. The van der Waals surface area contributed by atoms with Gasteiger partial charge in [0.2, 0.25) is 0 Å². The molecule has 1 aliphatic heterocycles. The molecule has 1 aromatic rings. The Kier molecular flexibility index (Phi) is 3.85. The van der Waals surface area contributed by atoms with E-state index >= 15 is 0 Å². The summed E-state index contributed by atoms with van der Waals surface area (Å²) < 4.78 is 0. The summed E-state index contributed by atoms with van der Waals surface area (Å²) >= 11 is 0. The average molecular weight is 274 g/mol. The van der Waals surface area contributed by atoms with E-state index in [-0.39, 0.29) is 22.5 Å². The van der Waals surface area contributed by atoms with Crippen LogP contribution in [0.2, 0.25) is 0 Å². The van der Waals surface area contributed by atoms with Gasteiger partial charge in [-0.1, -0.05) is 0 Å². The lowest BCUT2D eigenvalue weighted by molar-refractivity contribution is -0.132. The topological polar surface area (TPSA) is 124 Å². The number of hydrogen-bond donors (Lipinski definition) is 3. The van der Waals surface area contributed by atoms with Crippen molar-refractivity contribution >= 4 is 17.6 Å². The van der Waals surface area contributed by atoms with E-state index in [0.29, 0.717) is 6.54 Å². The molecule has 2 rings (SSSR count). The Balaban J connectivity index is 2.30. The van der Waals surface area contributed by atoms with E-state index in [1.54, 1.807) is 6.08 Å². The molecule has 1 aliphatic rings. The van der Waals surface area contributed by atoms with Crippen LogP contribution in [0.5, 0.6) is 0 Å². The third-order valence-corrected chi connectivity index (χ3v) is 2.46. The van der Waals surface area contributed by atoms with Gasteiger partial charge in [-0.05, 0) is 12.1 Å². The molecule has 0 unspecified atom stereocenters. The molecule has 0 spiro atoms. The zero-order chi connectivity index (χ0) is 14.5. The van der Waals surface area contributed by atoms with Crippen molar-refractivity contribution in [2.45, 2.75) is 0 Å². The van der Waals surface area contributed by atoms with E-state index < -0.39 is 11.9 Å². The van der Waals surface area contributed by atoms with Crippen LogP contribution < -0.4 is 5.32 Å². The van der Waals surface area contributed by atoms with Crippen LogP contribution in [0.25, 0.3) is 0 Å². The third-order valence-electron chi connectivity index (χ3n) is 2.46. The number of aliphatic carboxylic acids is 1. The van der Waals surface area contributed by atoms with Crippen molar-refractivity contribution in [2.24, 2.45) is 10.2 Å². The van der Waals surface area contributed by atoms with E-state index in [1.165, 1.54) is 18.5 Å². The SMILES string of the molecule is O=C(O)C1=CNCC=C1N=Nc1ccncc1C(=O)O. The molecular weight excluding hydrogens is 264 g/mol. The number of hydrogen-bond acceptors (Lipinski definition) is 6. The number of carboxylic acid groups (broad SMARTS) is 2. The molecular formula is C12H10N4O4. The van der Waals surface area contributed by atoms with Gasteiger partial charge in [0.1, 0.15) is 16.8 Å². The van der Waals surface area contributed by atoms with Crippen LogP contribution >= 0.6 is 0 Å². The van der Waals surface area contributed by atoms with Gasteiger partial charge in [-0.2, -0.15) is 0 Å². The zero-order valence-corrected chi connectivity index (χ0v) is 10.1. The molecule has 0 bridgehead atoms. The number of azo groups is 1. The van der Waals surface area contributed by atoms with Crippen molar-refractivity contribution in [3.8, 4) is 0 Å². The fourth-order valence-electron chi connectivity index (χ4n) is 1.51. The van der Waals surface area contributed by atoms with Crippen molar-refractivity contribution in [1.82, 2.24) is 10.3 Å². The molecule has 8 heteroatoms. The first-order valence-electron chi connectivity index (χ1n) is 5.56. The number of carboxylic acids is 2. The highest BCUT2D eigenvalue weighted by Crippen LogP contribution is 2.21. The Morgan fingerprint density at radius 3 is 2.75 bits per heavy atom. The molecule has 0 aliphatic carbocycles. The fraction of sp³-hybridized carbons (Fsp3) is 0.0833. The lowest BCUT2D eigenvalue weighted by Crippen LogP contribution is -2.16. The van der Waals surface area contributed by atoms with Crippen LogP contribution in [-0.2, 0) is 4.79 Å². The van der Waals surface area contributed by atoms with Gasteiger partial charge in [0.25, 0.3) is 0 Å². The minimum absolute atomic E-state index is 0.0362. The molecule has 0 aromatic carbocycles. The summed E-state index contributed by atoms with van der Waals surface area (Å²) in [5, 5.41) is 28.3. The van der Waals surface area contributed by atoms with Crippen molar-refractivity contribution in [1.29, 1.82) is 0 Å². The highest BCUT2D eigenvalue weighted by molar-refractivity contribution is 5.93. The standard InChI is InChI=1S/C12H10N4O4/c17-11(18)7-5-13-3-1-9(7)15-16-10-2-4-14-6-8(10)12(19)20/h1-3,5-6,14H,4H2,(H,17,18)(H,19,20). The Morgan fingerprint density at radius 2 is 2.05 bits per heavy atom. The maximum absolute atomic E-state index is 11.0. The largest absolute Gasteiger partial charge is 0.478 e. The molecule has 3 N–H and O–H groups in total. The maximum Gasteiger partial charge on any atom is 0.339 e. The van der Waals surface area contributed by atoms with Crippen LogP contribution in [0.15, 0.2) is 52.2 Å². The second kappa shape index (κ2) is 5.74. The van der Waals surface area contributed by atoms with Crippen LogP contribution in [0, 0.1) is 0 Å². The quantitative estimate of drug-likeness (QED) is 0.711. The molecule has 20 heavy (non-hydrogen) atoms. The minimum Gasteiger partial charge on any atom is -0.478 e. The molecule has 2 heterocycles. The van der Waals surface area contributed by atoms with E-state index in [1.807, 2.05) is 0 Å². The van der Waals surface area contributed by atoms with Gasteiger partial charge >= 0.3 is 11.9 Å². The van der Waals surface area contributed by atoms with Gasteiger partial charge in [0.05, 0.1) is 5.70 Å². The van der Waals surface area contributed by atoms with E-state index in [9.17, 15) is 9.59 Å². The predicted octanol–water partition coefficient (Wildman–Crippen LogP) is 1.32. The predicted molar refractivity (Wildman–Crippen MR) is 67.5 cm³/mol. The van der Waals surface area contributed by atoms with E-state index in [0.717, 1.165) is 6.20 Å². The van der Waals surface area contributed by atoms with Crippen molar-refractivity contribution in [3.63, 3.8) is 0 Å². The first-order valence-corrected chi connectivity index (χ1v) is 5.56. The number of pyridine rings is 1. The number of aromatic nitrogens is 1. The zero-order valence-electron chi connectivity index (χ0n) is 10.1. The number of rotatable bonds is 4. The molecule has 0 radical (unpaired) electrons. The minimum atomic E-state index is -1.18. The van der Waals surface area contributed by atoms with Crippen LogP contribution in [0.1, 0.15) is 10.4 Å². The molecule has 1 aromatic heterocycles. The second-order valence-electron chi connectivity index (χ2n) is 3.76. The Hall–Kier alpha value is -3.03. The Labute approximate surface area is 113 Å². The van der Waals surface area contributed by atoms with Gasteiger partial charge in [-0.25, -0.2) is 9.59 Å². The molecule has 8 nitrogen and oxygen atoms in total. The molecule has 0 saturated heterocycles. The van der Waals surface area contributed by atoms with E-state index in [2.05, 4.69) is 20.5 Å².